The fraction of sp³-hybridized carbons (Fsp3) is 0.333. The van der Waals surface area contributed by atoms with E-state index in [-0.39, 0.29) is 0 Å². The first kappa shape index (κ1) is 14.8. The van der Waals surface area contributed by atoms with Gasteiger partial charge in [0.1, 0.15) is 5.75 Å². The van der Waals surface area contributed by atoms with Crippen LogP contribution in [0.2, 0.25) is 5.02 Å². The molecule has 1 N–H and O–H groups in total. The van der Waals surface area contributed by atoms with Gasteiger partial charge in [-0.3, -0.25) is 4.98 Å². The van der Waals surface area contributed by atoms with E-state index in [2.05, 4.69) is 29.1 Å². The van der Waals surface area contributed by atoms with Crippen LogP contribution in [0, 0.1) is 5.92 Å². The number of halogens is 1. The summed E-state index contributed by atoms with van der Waals surface area (Å²) in [5, 5.41) is 3.92. The zero-order chi connectivity index (χ0) is 14.4. The summed E-state index contributed by atoms with van der Waals surface area (Å²) in [6.07, 6.45) is 4.91. The highest BCUT2D eigenvalue weighted by Gasteiger charge is 2.02. The summed E-state index contributed by atoms with van der Waals surface area (Å²) in [4.78, 5) is 8.16. The van der Waals surface area contributed by atoms with Crippen LogP contribution < -0.4 is 10.1 Å². The zero-order valence-electron chi connectivity index (χ0n) is 11.6. The molecule has 2 rings (SSSR count). The Hall–Kier alpha value is -1.65. The molecule has 0 bridgehead atoms. The molecular weight excluding hydrogens is 274 g/mol. The lowest BCUT2D eigenvalue weighted by Gasteiger charge is -2.09. The molecule has 5 heteroatoms. The van der Waals surface area contributed by atoms with Crippen LogP contribution in [-0.4, -0.2) is 16.5 Å². The molecule has 0 aliphatic heterocycles. The lowest BCUT2D eigenvalue weighted by atomic mass is 10.2. The average molecular weight is 292 g/mol. The number of hydrogen-bond acceptors (Lipinski definition) is 4. The molecule has 2 aromatic rings. The Morgan fingerprint density at radius 1 is 1.30 bits per heavy atom. The van der Waals surface area contributed by atoms with Crippen molar-refractivity contribution in [1.29, 1.82) is 0 Å². The molecule has 0 spiro atoms. The Morgan fingerprint density at radius 2 is 2.15 bits per heavy atom. The molecular formula is C15H18ClN3O. The molecule has 0 saturated carbocycles. The van der Waals surface area contributed by atoms with Crippen molar-refractivity contribution in [2.75, 3.05) is 6.54 Å². The van der Waals surface area contributed by atoms with Crippen molar-refractivity contribution >= 4 is 11.6 Å². The van der Waals surface area contributed by atoms with E-state index in [1.807, 2.05) is 12.1 Å². The summed E-state index contributed by atoms with van der Waals surface area (Å²) in [7, 11) is 0. The van der Waals surface area contributed by atoms with Gasteiger partial charge in [-0.05, 0) is 24.1 Å². The molecule has 0 saturated heterocycles. The summed E-state index contributed by atoms with van der Waals surface area (Å²) in [5.41, 5.74) is 1.13. The standard InChI is InChI=1S/C15H18ClN3O/c1-11(2)7-17-8-12-3-4-19-15(5-12)20-14-6-13(16)9-18-10-14/h3-6,9-11,17H,7-8H2,1-2H3. The minimum atomic E-state index is 0.539. The number of ether oxygens (including phenoxy) is 1. The summed E-state index contributed by atoms with van der Waals surface area (Å²) < 4.78 is 5.64. The van der Waals surface area contributed by atoms with Gasteiger partial charge < -0.3 is 10.1 Å². The van der Waals surface area contributed by atoms with Gasteiger partial charge in [-0.2, -0.15) is 0 Å². The predicted octanol–water partition coefficient (Wildman–Crippen LogP) is 3.67. The van der Waals surface area contributed by atoms with Gasteiger partial charge in [-0.15, -0.1) is 0 Å². The molecule has 0 radical (unpaired) electrons. The van der Waals surface area contributed by atoms with Gasteiger partial charge in [-0.25, -0.2) is 4.98 Å². The monoisotopic (exact) mass is 291 g/mol. The summed E-state index contributed by atoms with van der Waals surface area (Å²) in [6.45, 7) is 6.14. The summed E-state index contributed by atoms with van der Waals surface area (Å²) in [5.74, 6) is 1.75. The molecule has 2 heterocycles. The van der Waals surface area contributed by atoms with E-state index in [1.165, 1.54) is 0 Å². The van der Waals surface area contributed by atoms with Crippen LogP contribution in [0.25, 0.3) is 0 Å². The fourth-order valence-corrected chi connectivity index (χ4v) is 1.85. The quantitative estimate of drug-likeness (QED) is 0.882. The van der Waals surface area contributed by atoms with E-state index in [0.29, 0.717) is 22.6 Å². The lowest BCUT2D eigenvalue weighted by molar-refractivity contribution is 0.459. The SMILES string of the molecule is CC(C)CNCc1ccnc(Oc2cncc(Cl)c2)c1. The second-order valence-electron chi connectivity index (χ2n) is 4.97. The van der Waals surface area contributed by atoms with E-state index >= 15 is 0 Å². The van der Waals surface area contributed by atoms with Gasteiger partial charge in [0.15, 0.2) is 0 Å². The minimum Gasteiger partial charge on any atom is -0.437 e. The van der Waals surface area contributed by atoms with Crippen LogP contribution >= 0.6 is 11.6 Å². The Morgan fingerprint density at radius 3 is 2.90 bits per heavy atom. The van der Waals surface area contributed by atoms with Crippen molar-refractivity contribution in [3.8, 4) is 11.6 Å². The third-order valence-corrected chi connectivity index (χ3v) is 2.79. The largest absolute Gasteiger partial charge is 0.437 e. The molecule has 2 aromatic heterocycles. The highest BCUT2D eigenvalue weighted by molar-refractivity contribution is 6.30. The molecule has 0 atom stereocenters. The van der Waals surface area contributed by atoms with Crippen LogP contribution in [0.1, 0.15) is 19.4 Å². The number of nitrogens with zero attached hydrogens (tertiary/aromatic N) is 2. The minimum absolute atomic E-state index is 0.539. The van der Waals surface area contributed by atoms with Crippen LogP contribution in [-0.2, 0) is 6.54 Å². The predicted molar refractivity (Wildman–Crippen MR) is 80.1 cm³/mol. The molecule has 0 aliphatic rings. The Kier molecular flexibility index (Phi) is 5.32. The molecule has 0 fully saturated rings. The van der Waals surface area contributed by atoms with Crippen molar-refractivity contribution < 1.29 is 4.74 Å². The first-order chi connectivity index (χ1) is 9.63. The molecule has 20 heavy (non-hydrogen) atoms. The van der Waals surface area contributed by atoms with Crippen LogP contribution in [0.3, 0.4) is 0 Å². The Bertz CT molecular complexity index is 560. The van der Waals surface area contributed by atoms with Gasteiger partial charge in [0.2, 0.25) is 5.88 Å². The maximum atomic E-state index is 5.87. The summed E-state index contributed by atoms with van der Waals surface area (Å²) >= 11 is 5.87. The third kappa shape index (κ3) is 4.79. The lowest BCUT2D eigenvalue weighted by Crippen LogP contribution is -2.18. The van der Waals surface area contributed by atoms with E-state index < -0.39 is 0 Å². The van der Waals surface area contributed by atoms with E-state index in [9.17, 15) is 0 Å². The molecule has 0 aliphatic carbocycles. The molecule has 106 valence electrons. The van der Waals surface area contributed by atoms with Gasteiger partial charge in [0.05, 0.1) is 11.2 Å². The van der Waals surface area contributed by atoms with E-state index in [4.69, 9.17) is 16.3 Å². The molecule has 0 amide bonds. The van der Waals surface area contributed by atoms with Crippen molar-refractivity contribution in [3.05, 3.63) is 47.4 Å². The van der Waals surface area contributed by atoms with Crippen LogP contribution in [0.5, 0.6) is 11.6 Å². The highest BCUT2D eigenvalue weighted by Crippen LogP contribution is 2.21. The normalized spacial score (nSPS) is 10.8. The number of aromatic nitrogens is 2. The first-order valence-corrected chi connectivity index (χ1v) is 6.95. The van der Waals surface area contributed by atoms with Gasteiger partial charge >= 0.3 is 0 Å². The maximum Gasteiger partial charge on any atom is 0.219 e. The number of rotatable bonds is 6. The number of hydrogen-bond donors (Lipinski definition) is 1. The maximum absolute atomic E-state index is 5.87. The van der Waals surface area contributed by atoms with Crippen molar-refractivity contribution in [1.82, 2.24) is 15.3 Å². The van der Waals surface area contributed by atoms with Crippen molar-refractivity contribution in [3.63, 3.8) is 0 Å². The number of nitrogens with one attached hydrogen (secondary N) is 1. The third-order valence-electron chi connectivity index (χ3n) is 2.58. The molecule has 0 aromatic carbocycles. The van der Waals surface area contributed by atoms with Gasteiger partial charge in [0, 0.05) is 31.1 Å². The van der Waals surface area contributed by atoms with Gasteiger partial charge in [0.25, 0.3) is 0 Å². The second-order valence-corrected chi connectivity index (χ2v) is 5.40. The van der Waals surface area contributed by atoms with Crippen molar-refractivity contribution in [2.24, 2.45) is 5.92 Å². The second kappa shape index (κ2) is 7.22. The summed E-state index contributed by atoms with van der Waals surface area (Å²) in [6, 6.07) is 5.59. The topological polar surface area (TPSA) is 47.0 Å². The van der Waals surface area contributed by atoms with Crippen molar-refractivity contribution in [2.45, 2.75) is 20.4 Å². The Balaban J connectivity index is 1.99. The van der Waals surface area contributed by atoms with Crippen LogP contribution in [0.15, 0.2) is 36.8 Å². The number of pyridine rings is 2. The fourth-order valence-electron chi connectivity index (χ4n) is 1.69. The van der Waals surface area contributed by atoms with E-state index in [0.717, 1.165) is 18.7 Å². The van der Waals surface area contributed by atoms with Gasteiger partial charge in [-0.1, -0.05) is 25.4 Å². The molecule has 4 nitrogen and oxygen atoms in total. The molecule has 0 unspecified atom stereocenters. The van der Waals surface area contributed by atoms with E-state index in [1.54, 1.807) is 24.7 Å². The zero-order valence-corrected chi connectivity index (χ0v) is 12.4. The first-order valence-electron chi connectivity index (χ1n) is 6.57. The Labute approximate surface area is 124 Å². The van der Waals surface area contributed by atoms with Crippen LogP contribution in [0.4, 0.5) is 0 Å². The highest BCUT2D eigenvalue weighted by atomic mass is 35.5. The smallest absolute Gasteiger partial charge is 0.219 e. The average Bonchev–Trinajstić information content (AvgIpc) is 2.39.